The second kappa shape index (κ2) is 10.6. The van der Waals surface area contributed by atoms with Crippen molar-refractivity contribution in [2.75, 3.05) is 17.2 Å². The number of hydrogen-bond donors (Lipinski definition) is 3. The van der Waals surface area contributed by atoms with E-state index in [1.54, 1.807) is 54.6 Å². The minimum Gasteiger partial charge on any atom is -0.494 e. The van der Waals surface area contributed by atoms with Crippen LogP contribution in [0.2, 0.25) is 0 Å². The highest BCUT2D eigenvalue weighted by Gasteiger charge is 2.37. The molecule has 0 fully saturated rings. The third-order valence-electron chi connectivity index (χ3n) is 4.92. The van der Waals surface area contributed by atoms with Crippen molar-refractivity contribution in [1.29, 1.82) is 0 Å². The first kappa shape index (κ1) is 25.7. The number of carbonyl (C=O) groups is 3. The number of anilines is 2. The molecule has 0 bridgehead atoms. The lowest BCUT2D eigenvalue weighted by Gasteiger charge is -2.33. The lowest BCUT2D eigenvalue weighted by molar-refractivity contribution is -0.123. The maximum atomic E-state index is 13.9. The Balaban J connectivity index is 2.19. The Bertz CT molecular complexity index is 1200. The van der Waals surface area contributed by atoms with Gasteiger partial charge in [0.05, 0.1) is 12.3 Å². The highest BCUT2D eigenvalue weighted by molar-refractivity contribution is 7.09. The van der Waals surface area contributed by atoms with Crippen molar-refractivity contribution in [2.45, 2.75) is 39.3 Å². The summed E-state index contributed by atoms with van der Waals surface area (Å²) < 4.78 is 9.49. The van der Waals surface area contributed by atoms with E-state index in [1.807, 2.05) is 27.7 Å². The average Bonchev–Trinajstić information content (AvgIpc) is 3.19. The number of nitrogen functional groups attached to an aromatic ring is 1. The van der Waals surface area contributed by atoms with Gasteiger partial charge in [0, 0.05) is 11.2 Å². The van der Waals surface area contributed by atoms with Crippen LogP contribution in [0.25, 0.3) is 0 Å². The van der Waals surface area contributed by atoms with E-state index in [1.165, 1.54) is 4.90 Å². The lowest BCUT2D eigenvalue weighted by atomic mass is 10.00. The van der Waals surface area contributed by atoms with E-state index >= 15 is 0 Å². The molecule has 0 radical (unpaired) electrons. The van der Waals surface area contributed by atoms with Gasteiger partial charge < -0.3 is 21.5 Å². The fraction of sp³-hybridized carbons (Fsp3) is 0.280. The molecule has 1 atom stereocenters. The predicted octanol–water partition coefficient (Wildman–Crippen LogP) is 3.53. The zero-order valence-electron chi connectivity index (χ0n) is 20.1. The van der Waals surface area contributed by atoms with Gasteiger partial charge >= 0.3 is 0 Å². The molecule has 35 heavy (non-hydrogen) atoms. The van der Waals surface area contributed by atoms with E-state index < -0.39 is 29.3 Å². The molecule has 3 aromatic rings. The molecule has 0 spiro atoms. The Morgan fingerprint density at radius 2 is 1.71 bits per heavy atom. The molecule has 5 N–H and O–H groups in total. The highest BCUT2D eigenvalue weighted by Crippen LogP contribution is 2.34. The number of amides is 3. The molecule has 184 valence electrons. The number of para-hydroxylation sites is 1. The molecular weight excluding hydrogens is 466 g/mol. The van der Waals surface area contributed by atoms with Crippen LogP contribution in [-0.4, -0.2) is 34.2 Å². The number of nitrogens with zero attached hydrogens (tertiary/aromatic N) is 2. The lowest BCUT2D eigenvalue weighted by Crippen LogP contribution is -2.49. The summed E-state index contributed by atoms with van der Waals surface area (Å²) in [6.07, 6.45) is 0. The molecule has 9 nitrogen and oxygen atoms in total. The van der Waals surface area contributed by atoms with E-state index in [-0.39, 0.29) is 16.3 Å². The van der Waals surface area contributed by atoms with Gasteiger partial charge in [-0.2, -0.15) is 4.37 Å². The molecular formula is C25H29N5O4S. The van der Waals surface area contributed by atoms with Gasteiger partial charge in [-0.25, -0.2) is 0 Å². The van der Waals surface area contributed by atoms with E-state index in [2.05, 4.69) is 9.69 Å². The molecule has 10 heteroatoms. The molecule has 1 heterocycles. The van der Waals surface area contributed by atoms with Gasteiger partial charge in [-0.1, -0.05) is 30.3 Å². The average molecular weight is 496 g/mol. The van der Waals surface area contributed by atoms with Crippen LogP contribution in [0.3, 0.4) is 0 Å². The zero-order valence-corrected chi connectivity index (χ0v) is 20.9. The van der Waals surface area contributed by atoms with Crippen LogP contribution in [0.1, 0.15) is 59.5 Å². The van der Waals surface area contributed by atoms with Crippen molar-refractivity contribution < 1.29 is 19.1 Å². The first-order valence-corrected chi connectivity index (χ1v) is 11.8. The first-order valence-electron chi connectivity index (χ1n) is 11.0. The molecule has 0 aliphatic rings. The van der Waals surface area contributed by atoms with E-state index in [9.17, 15) is 14.4 Å². The van der Waals surface area contributed by atoms with Crippen LogP contribution in [0.15, 0.2) is 54.6 Å². The number of ether oxygens (including phenoxy) is 1. The maximum Gasteiger partial charge on any atom is 0.273 e. The Labute approximate surface area is 208 Å². The summed E-state index contributed by atoms with van der Waals surface area (Å²) in [5.74, 6) is -1.17. The molecule has 0 aliphatic carbocycles. The number of carbonyl (C=O) groups excluding carboxylic acids is 3. The molecule has 3 rings (SSSR count). The number of nitrogens with two attached hydrogens (primary N) is 2. The van der Waals surface area contributed by atoms with Gasteiger partial charge in [-0.3, -0.25) is 19.3 Å². The zero-order chi connectivity index (χ0) is 25.8. The Morgan fingerprint density at radius 1 is 1.09 bits per heavy atom. The van der Waals surface area contributed by atoms with E-state index in [0.29, 0.717) is 23.6 Å². The summed E-state index contributed by atoms with van der Waals surface area (Å²) in [5.41, 5.74) is 11.6. The van der Waals surface area contributed by atoms with Gasteiger partial charge in [-0.15, -0.1) is 0 Å². The predicted molar refractivity (Wildman–Crippen MR) is 137 cm³/mol. The normalized spacial score (nSPS) is 12.0. The summed E-state index contributed by atoms with van der Waals surface area (Å²) in [4.78, 5) is 40.6. The largest absolute Gasteiger partial charge is 0.494 e. The quantitative estimate of drug-likeness (QED) is 0.437. The summed E-state index contributed by atoms with van der Waals surface area (Å²) in [6, 6.07) is 14.7. The minimum absolute atomic E-state index is 0.0159. The van der Waals surface area contributed by atoms with Gasteiger partial charge in [-0.05, 0) is 69.1 Å². The highest BCUT2D eigenvalue weighted by atomic mass is 32.1. The van der Waals surface area contributed by atoms with E-state index in [4.69, 9.17) is 16.2 Å². The Kier molecular flexibility index (Phi) is 7.75. The maximum absolute atomic E-state index is 13.9. The molecule has 2 aromatic carbocycles. The molecule has 1 aromatic heterocycles. The number of primary amides is 1. The third kappa shape index (κ3) is 5.96. The summed E-state index contributed by atoms with van der Waals surface area (Å²) >= 11 is 0.763. The summed E-state index contributed by atoms with van der Waals surface area (Å²) in [6.45, 7) is 7.94. The Hall–Kier alpha value is -3.92. The number of hydrogen-bond acceptors (Lipinski definition) is 7. The second-order valence-corrected chi connectivity index (χ2v) is 9.57. The second-order valence-electron chi connectivity index (χ2n) is 8.79. The fourth-order valence-electron chi connectivity index (χ4n) is 3.48. The van der Waals surface area contributed by atoms with Crippen LogP contribution < -0.4 is 26.4 Å². The number of benzene rings is 2. The van der Waals surface area contributed by atoms with Crippen molar-refractivity contribution in [3.05, 3.63) is 70.7 Å². The summed E-state index contributed by atoms with van der Waals surface area (Å²) in [5, 5.41) is 2.97. The van der Waals surface area contributed by atoms with Crippen molar-refractivity contribution in [1.82, 2.24) is 9.69 Å². The summed E-state index contributed by atoms with van der Waals surface area (Å²) in [7, 11) is 0. The Morgan fingerprint density at radius 3 is 2.23 bits per heavy atom. The number of aromatic nitrogens is 1. The SMILES string of the molecule is CCOc1ccc([C@@H](C(=O)NC(C)(C)C)N(C(=O)c2snc(C(N)=O)c2N)c2ccccc2)cc1. The van der Waals surface area contributed by atoms with Gasteiger partial charge in [0.25, 0.3) is 11.8 Å². The third-order valence-corrected chi connectivity index (χ3v) is 5.77. The van der Waals surface area contributed by atoms with Crippen molar-refractivity contribution in [3.63, 3.8) is 0 Å². The monoisotopic (exact) mass is 495 g/mol. The molecule has 3 amide bonds. The topological polar surface area (TPSA) is 141 Å². The number of rotatable bonds is 8. The van der Waals surface area contributed by atoms with Crippen LogP contribution in [-0.2, 0) is 4.79 Å². The van der Waals surface area contributed by atoms with Crippen LogP contribution >= 0.6 is 11.5 Å². The molecule has 0 unspecified atom stereocenters. The van der Waals surface area contributed by atoms with Gasteiger partial charge in [0.2, 0.25) is 5.91 Å². The van der Waals surface area contributed by atoms with Crippen molar-refractivity contribution in [2.24, 2.45) is 5.73 Å². The van der Waals surface area contributed by atoms with Crippen LogP contribution in [0, 0.1) is 0 Å². The van der Waals surface area contributed by atoms with Crippen molar-refractivity contribution in [3.8, 4) is 5.75 Å². The molecule has 0 aliphatic heterocycles. The van der Waals surface area contributed by atoms with Crippen LogP contribution in [0.4, 0.5) is 11.4 Å². The standard InChI is InChI=1S/C25H29N5O4S/c1-5-34-17-13-11-15(12-14-17)20(23(32)28-25(2,3)4)30(16-9-7-6-8-10-16)24(33)21-18(26)19(22(27)31)29-35-21/h6-14,20H,5,26H2,1-4H3,(H2,27,31)(H,28,32)/t20-/m0/s1. The fourth-order valence-corrected chi connectivity index (χ4v) is 4.22. The van der Waals surface area contributed by atoms with Crippen LogP contribution in [0.5, 0.6) is 5.75 Å². The minimum atomic E-state index is -1.06. The van der Waals surface area contributed by atoms with E-state index in [0.717, 1.165) is 11.5 Å². The van der Waals surface area contributed by atoms with Gasteiger partial charge in [0.1, 0.15) is 16.7 Å². The number of nitrogens with one attached hydrogen (secondary N) is 1. The molecule has 0 saturated heterocycles. The molecule has 0 saturated carbocycles. The van der Waals surface area contributed by atoms with Crippen molar-refractivity contribution >= 4 is 40.6 Å². The smallest absolute Gasteiger partial charge is 0.273 e. The van der Waals surface area contributed by atoms with Gasteiger partial charge in [0.15, 0.2) is 5.69 Å². The first-order chi connectivity index (χ1) is 16.5.